The Kier molecular flexibility index (Phi) is 4.92. The molecule has 3 aromatic rings. The standard InChI is InChI=1S/C23H25N3O4/c27-22-24-19-7-6-17(12-21(19)29-22)20-13-18(30-25-20)15-26-10-8-23(28,9-11-26)14-16-4-2-1-3-5-16/h1-7,12,18,28H,8-11,13-15H2,(H,24,27). The Labute approximate surface area is 174 Å². The molecule has 7 nitrogen and oxygen atoms in total. The molecular formula is C23H25N3O4. The number of hydrogen-bond acceptors (Lipinski definition) is 6. The highest BCUT2D eigenvalue weighted by atomic mass is 16.6. The summed E-state index contributed by atoms with van der Waals surface area (Å²) in [5, 5.41) is 15.2. The van der Waals surface area contributed by atoms with Gasteiger partial charge in [0.15, 0.2) is 5.58 Å². The van der Waals surface area contributed by atoms with Gasteiger partial charge >= 0.3 is 5.76 Å². The second-order valence-electron chi connectivity index (χ2n) is 8.38. The minimum Gasteiger partial charge on any atom is -0.408 e. The van der Waals surface area contributed by atoms with Crippen LogP contribution >= 0.6 is 0 Å². The number of benzene rings is 2. The van der Waals surface area contributed by atoms with Crippen LogP contribution in [0.4, 0.5) is 0 Å². The zero-order chi connectivity index (χ0) is 20.6. The zero-order valence-corrected chi connectivity index (χ0v) is 16.7. The Morgan fingerprint density at radius 3 is 2.77 bits per heavy atom. The van der Waals surface area contributed by atoms with Crippen molar-refractivity contribution in [2.24, 2.45) is 5.16 Å². The molecule has 1 unspecified atom stereocenters. The number of nitrogens with zero attached hydrogens (tertiary/aromatic N) is 2. The number of oxime groups is 1. The minimum atomic E-state index is -0.633. The summed E-state index contributed by atoms with van der Waals surface area (Å²) in [7, 11) is 0. The highest BCUT2D eigenvalue weighted by molar-refractivity contribution is 6.03. The first-order chi connectivity index (χ1) is 14.6. The Balaban J connectivity index is 1.15. The second-order valence-corrected chi connectivity index (χ2v) is 8.38. The largest absolute Gasteiger partial charge is 0.417 e. The van der Waals surface area contributed by atoms with Crippen LogP contribution < -0.4 is 5.76 Å². The number of oxazole rings is 1. The van der Waals surface area contributed by atoms with E-state index in [1.54, 1.807) is 0 Å². The van der Waals surface area contributed by atoms with Crippen LogP contribution in [0.5, 0.6) is 0 Å². The van der Waals surface area contributed by atoms with Gasteiger partial charge in [0.1, 0.15) is 6.10 Å². The maximum atomic E-state index is 11.3. The van der Waals surface area contributed by atoms with E-state index >= 15 is 0 Å². The molecule has 0 amide bonds. The maximum absolute atomic E-state index is 11.3. The van der Waals surface area contributed by atoms with Crippen LogP contribution in [0.1, 0.15) is 30.4 Å². The van der Waals surface area contributed by atoms with Crippen LogP contribution in [-0.2, 0) is 11.3 Å². The van der Waals surface area contributed by atoms with E-state index in [4.69, 9.17) is 9.25 Å². The Bertz CT molecular complexity index is 1110. The van der Waals surface area contributed by atoms with Crippen molar-refractivity contribution in [3.8, 4) is 0 Å². The molecule has 5 rings (SSSR count). The maximum Gasteiger partial charge on any atom is 0.417 e. The molecule has 2 N–H and O–H groups in total. The summed E-state index contributed by atoms with van der Waals surface area (Å²) in [5.74, 6) is -0.457. The number of aromatic amines is 1. The third kappa shape index (κ3) is 4.04. The van der Waals surface area contributed by atoms with Crippen molar-refractivity contribution in [1.29, 1.82) is 0 Å². The Morgan fingerprint density at radius 1 is 1.17 bits per heavy atom. The first-order valence-electron chi connectivity index (χ1n) is 10.4. The van der Waals surface area contributed by atoms with E-state index in [1.165, 1.54) is 5.56 Å². The van der Waals surface area contributed by atoms with Crippen LogP contribution in [0.15, 0.2) is 62.9 Å². The summed E-state index contributed by atoms with van der Waals surface area (Å²) in [6.45, 7) is 2.48. The van der Waals surface area contributed by atoms with Crippen molar-refractivity contribution < 1.29 is 14.4 Å². The van der Waals surface area contributed by atoms with Crippen molar-refractivity contribution in [2.75, 3.05) is 19.6 Å². The topological polar surface area (TPSA) is 91.1 Å². The molecule has 156 valence electrons. The molecule has 0 radical (unpaired) electrons. The molecule has 1 fully saturated rings. The lowest BCUT2D eigenvalue weighted by atomic mass is 9.85. The van der Waals surface area contributed by atoms with Crippen molar-refractivity contribution in [3.63, 3.8) is 0 Å². The number of hydrogen-bond donors (Lipinski definition) is 2. The lowest BCUT2D eigenvalue weighted by Crippen LogP contribution is -2.47. The molecule has 7 heteroatoms. The van der Waals surface area contributed by atoms with E-state index in [-0.39, 0.29) is 6.10 Å². The summed E-state index contributed by atoms with van der Waals surface area (Å²) < 4.78 is 5.14. The number of rotatable bonds is 5. The van der Waals surface area contributed by atoms with Gasteiger partial charge in [0, 0.05) is 38.0 Å². The van der Waals surface area contributed by atoms with Crippen molar-refractivity contribution >= 4 is 16.8 Å². The van der Waals surface area contributed by atoms with Gasteiger partial charge in [-0.2, -0.15) is 0 Å². The highest BCUT2D eigenvalue weighted by Crippen LogP contribution is 2.28. The van der Waals surface area contributed by atoms with Gasteiger partial charge in [-0.1, -0.05) is 41.6 Å². The molecule has 0 bridgehead atoms. The molecule has 30 heavy (non-hydrogen) atoms. The number of fused-ring (bicyclic) bond motifs is 1. The van der Waals surface area contributed by atoms with Crippen molar-refractivity contribution in [1.82, 2.24) is 9.88 Å². The molecule has 2 aliphatic heterocycles. The molecule has 2 aromatic carbocycles. The minimum absolute atomic E-state index is 0.00533. The van der Waals surface area contributed by atoms with Crippen molar-refractivity contribution in [3.05, 3.63) is 70.2 Å². The zero-order valence-electron chi connectivity index (χ0n) is 16.7. The molecule has 1 saturated heterocycles. The van der Waals surface area contributed by atoms with Gasteiger partial charge in [-0.3, -0.25) is 9.88 Å². The smallest absolute Gasteiger partial charge is 0.408 e. The average molecular weight is 407 g/mol. The second kappa shape index (κ2) is 7.74. The average Bonchev–Trinajstić information content (AvgIpc) is 3.35. The third-order valence-corrected chi connectivity index (χ3v) is 6.11. The van der Waals surface area contributed by atoms with Crippen molar-refractivity contribution in [2.45, 2.75) is 37.4 Å². The summed E-state index contributed by atoms with van der Waals surface area (Å²) in [6.07, 6.45) is 2.92. The lowest BCUT2D eigenvalue weighted by Gasteiger charge is -2.38. The third-order valence-electron chi connectivity index (χ3n) is 6.11. The quantitative estimate of drug-likeness (QED) is 0.679. The van der Waals surface area contributed by atoms with Crippen LogP contribution in [-0.4, -0.2) is 52.0 Å². The number of nitrogens with one attached hydrogen (secondary N) is 1. The van der Waals surface area contributed by atoms with Crippen LogP contribution in [0.2, 0.25) is 0 Å². The lowest BCUT2D eigenvalue weighted by molar-refractivity contribution is -0.0339. The number of aromatic nitrogens is 1. The van der Waals surface area contributed by atoms with E-state index in [0.717, 1.165) is 43.8 Å². The predicted octanol–water partition coefficient (Wildman–Crippen LogP) is 2.68. The van der Waals surface area contributed by atoms with E-state index in [9.17, 15) is 9.90 Å². The molecular weight excluding hydrogens is 382 g/mol. The summed E-state index contributed by atoms with van der Waals surface area (Å²) >= 11 is 0. The number of aliphatic hydroxyl groups is 1. The molecule has 0 aliphatic carbocycles. The number of piperidine rings is 1. The van der Waals surface area contributed by atoms with Gasteiger partial charge in [-0.15, -0.1) is 0 Å². The van der Waals surface area contributed by atoms with E-state index in [0.29, 0.717) is 23.9 Å². The molecule has 1 aromatic heterocycles. The summed E-state index contributed by atoms with van der Waals surface area (Å²) in [4.78, 5) is 22.0. The van der Waals surface area contributed by atoms with E-state index in [1.807, 2.05) is 36.4 Å². The summed E-state index contributed by atoms with van der Waals surface area (Å²) in [6, 6.07) is 15.8. The SMILES string of the molecule is O=c1[nH]c2ccc(C3=NOC(CN4CCC(O)(Cc5ccccc5)CC4)C3)cc2o1. The highest BCUT2D eigenvalue weighted by Gasteiger charge is 2.34. The van der Waals surface area contributed by atoms with Crippen LogP contribution in [0.3, 0.4) is 0 Å². The fraction of sp³-hybridized carbons (Fsp3) is 0.391. The van der Waals surface area contributed by atoms with Gasteiger partial charge in [-0.05, 0) is 30.5 Å². The van der Waals surface area contributed by atoms with Gasteiger partial charge in [-0.25, -0.2) is 4.79 Å². The Morgan fingerprint density at radius 2 is 1.97 bits per heavy atom. The monoisotopic (exact) mass is 407 g/mol. The first-order valence-corrected chi connectivity index (χ1v) is 10.4. The fourth-order valence-electron chi connectivity index (χ4n) is 4.41. The number of H-pyrrole nitrogens is 1. The predicted molar refractivity (Wildman–Crippen MR) is 114 cm³/mol. The molecule has 0 saturated carbocycles. The van der Waals surface area contributed by atoms with Gasteiger partial charge in [0.25, 0.3) is 0 Å². The number of likely N-dealkylation sites (tertiary alicyclic amines) is 1. The first kappa shape index (κ1) is 19.1. The van der Waals surface area contributed by atoms with Crippen LogP contribution in [0, 0.1) is 0 Å². The molecule has 3 heterocycles. The molecule has 2 aliphatic rings. The van der Waals surface area contributed by atoms with Crippen LogP contribution in [0.25, 0.3) is 11.1 Å². The van der Waals surface area contributed by atoms with Gasteiger partial charge in [0.2, 0.25) is 0 Å². The summed E-state index contributed by atoms with van der Waals surface area (Å²) in [5.41, 5.74) is 3.52. The molecule has 1 atom stereocenters. The Hall–Kier alpha value is -2.90. The normalized spacial score (nSPS) is 21.5. The molecule has 0 spiro atoms. The van der Waals surface area contributed by atoms with E-state index < -0.39 is 11.4 Å². The van der Waals surface area contributed by atoms with Gasteiger partial charge < -0.3 is 14.4 Å². The van der Waals surface area contributed by atoms with E-state index in [2.05, 4.69) is 27.2 Å². The fourth-order valence-corrected chi connectivity index (χ4v) is 4.41. The van der Waals surface area contributed by atoms with Gasteiger partial charge in [0.05, 0.1) is 16.8 Å².